The number of rotatable bonds is 12. The Morgan fingerprint density at radius 1 is 0.969 bits per heavy atom. The predicted octanol–water partition coefficient (Wildman–Crippen LogP) is 3.25. The molecule has 0 aromatic heterocycles. The van der Waals surface area contributed by atoms with Gasteiger partial charge in [-0.1, -0.05) is 17.7 Å². The van der Waals surface area contributed by atoms with E-state index in [1.165, 1.54) is 21.1 Å². The molecule has 0 aliphatic rings. The number of ether oxygens (including phenoxy) is 2. The first-order valence-electron chi connectivity index (χ1n) is 10.7. The van der Waals surface area contributed by atoms with Gasteiger partial charge < -0.3 is 20.5 Å². The number of unbranched alkanes of at least 4 members (excludes halogenated alkanes) is 1. The zero-order chi connectivity index (χ0) is 23.7. The summed E-state index contributed by atoms with van der Waals surface area (Å²) in [6.07, 6.45) is 2.03. The van der Waals surface area contributed by atoms with Crippen LogP contribution in [0.1, 0.15) is 58.0 Å². The van der Waals surface area contributed by atoms with Gasteiger partial charge in [0.2, 0.25) is 0 Å². The fourth-order valence-electron chi connectivity index (χ4n) is 3.51. The van der Waals surface area contributed by atoms with Crippen LogP contribution in [-0.2, 0) is 11.2 Å². The number of hydrogen-bond donors (Lipinski definition) is 2. The normalized spacial score (nSPS) is 11.5. The predicted molar refractivity (Wildman–Crippen MR) is 124 cm³/mol. The molecule has 0 bridgehead atoms. The summed E-state index contributed by atoms with van der Waals surface area (Å²) >= 11 is 0. The van der Waals surface area contributed by atoms with Crippen molar-refractivity contribution in [2.45, 2.75) is 45.6 Å². The summed E-state index contributed by atoms with van der Waals surface area (Å²) in [5.74, 6) is 0.267. The Morgan fingerprint density at radius 2 is 1.62 bits per heavy atom. The third-order valence-corrected chi connectivity index (χ3v) is 5.26. The maximum absolute atomic E-state index is 13.1. The van der Waals surface area contributed by atoms with E-state index < -0.39 is 6.04 Å². The monoisotopic (exact) mass is 440 g/mol. The molecule has 7 nitrogen and oxygen atoms in total. The highest BCUT2D eigenvalue weighted by Gasteiger charge is 2.23. The standard InChI is InChI=1S/C25H32N2O5/c1-16-8-10-24(32-4)20(13-16)25(30)27-21(7-5-6-12-26)22(29)15-18-9-11-23(31-3)19(14-18)17(2)28/h8-11,13-14,21H,5-7,12,15,26H2,1-4H3,(H,27,30)/t21-/m0/s1. The molecule has 172 valence electrons. The van der Waals surface area contributed by atoms with Gasteiger partial charge in [0.25, 0.3) is 5.91 Å². The number of hydrogen-bond acceptors (Lipinski definition) is 6. The number of carbonyl (C=O) groups is 3. The molecule has 0 aliphatic heterocycles. The Morgan fingerprint density at radius 3 is 2.25 bits per heavy atom. The van der Waals surface area contributed by atoms with Crippen LogP contribution in [0, 0.1) is 6.92 Å². The van der Waals surface area contributed by atoms with Crippen molar-refractivity contribution < 1.29 is 23.9 Å². The largest absolute Gasteiger partial charge is 0.496 e. The molecule has 0 radical (unpaired) electrons. The van der Waals surface area contributed by atoms with E-state index in [0.29, 0.717) is 47.6 Å². The van der Waals surface area contributed by atoms with Crippen LogP contribution in [-0.4, -0.2) is 44.3 Å². The first-order chi connectivity index (χ1) is 15.3. The Bertz CT molecular complexity index is 971. The minimum absolute atomic E-state index is 0.0861. The number of amides is 1. The lowest BCUT2D eigenvalue weighted by molar-refractivity contribution is -0.120. The summed E-state index contributed by atoms with van der Waals surface area (Å²) in [6.45, 7) is 3.85. The Balaban J connectivity index is 2.24. The van der Waals surface area contributed by atoms with Crippen molar-refractivity contribution >= 4 is 17.5 Å². The lowest BCUT2D eigenvalue weighted by Crippen LogP contribution is -2.41. The van der Waals surface area contributed by atoms with E-state index in [1.807, 2.05) is 13.0 Å². The summed E-state index contributed by atoms with van der Waals surface area (Å²) in [4.78, 5) is 38.0. The number of nitrogens with one attached hydrogen (secondary N) is 1. The molecule has 0 unspecified atom stereocenters. The number of aryl methyl sites for hydroxylation is 1. The van der Waals surface area contributed by atoms with Crippen LogP contribution < -0.4 is 20.5 Å². The first kappa shape index (κ1) is 25.1. The first-order valence-corrected chi connectivity index (χ1v) is 10.7. The minimum Gasteiger partial charge on any atom is -0.496 e. The summed E-state index contributed by atoms with van der Waals surface area (Å²) in [7, 11) is 3.00. The molecule has 0 aliphatic carbocycles. The van der Waals surface area contributed by atoms with E-state index in [1.54, 1.807) is 30.3 Å². The molecule has 7 heteroatoms. The number of ketones is 2. The minimum atomic E-state index is -0.679. The van der Waals surface area contributed by atoms with Gasteiger partial charge in [-0.15, -0.1) is 0 Å². The van der Waals surface area contributed by atoms with Crippen LogP contribution in [0.5, 0.6) is 11.5 Å². The van der Waals surface area contributed by atoms with Gasteiger partial charge in [0.05, 0.1) is 31.4 Å². The average molecular weight is 441 g/mol. The number of Topliss-reactive ketones (excluding diaryl/α,β-unsaturated/α-hetero) is 2. The molecular weight excluding hydrogens is 408 g/mol. The van der Waals surface area contributed by atoms with Crippen LogP contribution >= 0.6 is 0 Å². The maximum atomic E-state index is 13.1. The molecule has 0 heterocycles. The average Bonchev–Trinajstić information content (AvgIpc) is 2.78. The van der Waals surface area contributed by atoms with Gasteiger partial charge in [-0.05, 0) is 69.5 Å². The van der Waals surface area contributed by atoms with E-state index >= 15 is 0 Å². The third-order valence-electron chi connectivity index (χ3n) is 5.26. The fourth-order valence-corrected chi connectivity index (χ4v) is 3.51. The van der Waals surface area contributed by atoms with Crippen LogP contribution in [0.3, 0.4) is 0 Å². The second-order valence-corrected chi connectivity index (χ2v) is 7.75. The second kappa shape index (κ2) is 12.0. The zero-order valence-corrected chi connectivity index (χ0v) is 19.2. The van der Waals surface area contributed by atoms with Gasteiger partial charge >= 0.3 is 0 Å². The molecule has 3 N–H and O–H groups in total. The SMILES string of the molecule is COc1ccc(CC(=O)[C@H](CCCCN)NC(=O)c2cc(C)ccc2OC)cc1C(C)=O. The molecule has 0 fully saturated rings. The smallest absolute Gasteiger partial charge is 0.255 e. The molecule has 2 rings (SSSR count). The van der Waals surface area contributed by atoms with E-state index in [2.05, 4.69) is 5.32 Å². The lowest BCUT2D eigenvalue weighted by Gasteiger charge is -2.19. The van der Waals surface area contributed by atoms with Gasteiger partial charge in [0, 0.05) is 6.42 Å². The molecule has 0 spiro atoms. The van der Waals surface area contributed by atoms with Crippen LogP contribution in [0.15, 0.2) is 36.4 Å². The van der Waals surface area contributed by atoms with Gasteiger partial charge in [-0.3, -0.25) is 14.4 Å². The lowest BCUT2D eigenvalue weighted by atomic mass is 9.97. The van der Waals surface area contributed by atoms with Gasteiger partial charge in [-0.25, -0.2) is 0 Å². The fraction of sp³-hybridized carbons (Fsp3) is 0.400. The summed E-state index contributed by atoms with van der Waals surface area (Å²) in [5, 5.41) is 2.87. The van der Waals surface area contributed by atoms with Gasteiger partial charge in [0.1, 0.15) is 11.5 Å². The number of carbonyl (C=O) groups excluding carboxylic acids is 3. The topological polar surface area (TPSA) is 108 Å². The Labute approximate surface area is 189 Å². The van der Waals surface area contributed by atoms with Gasteiger partial charge in [-0.2, -0.15) is 0 Å². The number of benzene rings is 2. The molecule has 2 aromatic carbocycles. The second-order valence-electron chi connectivity index (χ2n) is 7.75. The van der Waals surface area contributed by atoms with Crippen molar-refractivity contribution in [2.24, 2.45) is 5.73 Å². The quantitative estimate of drug-likeness (QED) is 0.387. The van der Waals surface area contributed by atoms with E-state index in [9.17, 15) is 14.4 Å². The molecule has 0 saturated heterocycles. The molecule has 1 atom stereocenters. The van der Waals surface area contributed by atoms with Crippen molar-refractivity contribution in [1.82, 2.24) is 5.32 Å². The van der Waals surface area contributed by atoms with E-state index in [0.717, 1.165) is 12.0 Å². The third kappa shape index (κ3) is 6.65. The molecular formula is C25H32N2O5. The molecule has 0 saturated carbocycles. The summed E-state index contributed by atoms with van der Waals surface area (Å²) in [5.41, 5.74) is 8.01. The highest BCUT2D eigenvalue weighted by Crippen LogP contribution is 2.22. The molecule has 2 aromatic rings. The number of methoxy groups -OCH3 is 2. The Kier molecular flexibility index (Phi) is 9.40. The highest BCUT2D eigenvalue weighted by molar-refractivity contribution is 6.01. The van der Waals surface area contributed by atoms with E-state index in [4.69, 9.17) is 15.2 Å². The van der Waals surface area contributed by atoms with Crippen LogP contribution in [0.4, 0.5) is 0 Å². The van der Waals surface area contributed by atoms with Crippen LogP contribution in [0.2, 0.25) is 0 Å². The Hall–Kier alpha value is -3.19. The number of nitrogens with two attached hydrogens (primary N) is 1. The molecule has 32 heavy (non-hydrogen) atoms. The van der Waals surface area contributed by atoms with Crippen molar-refractivity contribution in [3.05, 3.63) is 58.7 Å². The van der Waals surface area contributed by atoms with Crippen LogP contribution in [0.25, 0.3) is 0 Å². The van der Waals surface area contributed by atoms with Gasteiger partial charge in [0.15, 0.2) is 11.6 Å². The molecule has 1 amide bonds. The summed E-state index contributed by atoms with van der Waals surface area (Å²) in [6, 6.07) is 9.75. The van der Waals surface area contributed by atoms with E-state index in [-0.39, 0.29) is 23.9 Å². The van der Waals surface area contributed by atoms with Crippen molar-refractivity contribution in [3.63, 3.8) is 0 Å². The summed E-state index contributed by atoms with van der Waals surface area (Å²) < 4.78 is 10.5. The zero-order valence-electron chi connectivity index (χ0n) is 19.2. The highest BCUT2D eigenvalue weighted by atomic mass is 16.5. The van der Waals surface area contributed by atoms with Crippen molar-refractivity contribution in [1.29, 1.82) is 0 Å². The maximum Gasteiger partial charge on any atom is 0.255 e. The van der Waals surface area contributed by atoms with Crippen molar-refractivity contribution in [3.8, 4) is 11.5 Å². The van der Waals surface area contributed by atoms with Crippen molar-refractivity contribution in [2.75, 3.05) is 20.8 Å².